The number of amides is 2. The molecule has 0 atom stereocenters. The van der Waals surface area contributed by atoms with Crippen LogP contribution >= 0.6 is 34.3 Å². The molecule has 0 saturated carbocycles. The molecule has 0 aliphatic rings. The van der Waals surface area contributed by atoms with Crippen molar-refractivity contribution in [3.05, 3.63) is 135 Å². The van der Waals surface area contributed by atoms with E-state index in [2.05, 4.69) is 27.8 Å². The molecule has 0 saturated heterocycles. The van der Waals surface area contributed by atoms with Crippen LogP contribution in [0.25, 0.3) is 32.0 Å². The Morgan fingerprint density at radius 1 is 0.689 bits per heavy atom. The molecule has 45 heavy (non-hydrogen) atoms. The van der Waals surface area contributed by atoms with Gasteiger partial charge in [-0.1, -0.05) is 23.7 Å². The SMILES string of the molecule is N#Cc1ccc(-c2ccc(C(=O)Nc3cccnc3)s2)c(-c2cc(-c3ccc(C(=O)Nc4ccc(Cl)cc4)s3)ccc2C#N)c1. The van der Waals surface area contributed by atoms with Crippen molar-refractivity contribution < 1.29 is 9.59 Å². The van der Waals surface area contributed by atoms with Gasteiger partial charge in [0.05, 0.1) is 44.9 Å². The van der Waals surface area contributed by atoms with Crippen LogP contribution in [-0.4, -0.2) is 16.8 Å². The van der Waals surface area contributed by atoms with Crippen LogP contribution in [0.5, 0.6) is 0 Å². The third kappa shape index (κ3) is 6.52. The van der Waals surface area contributed by atoms with Crippen LogP contribution in [-0.2, 0) is 0 Å². The molecule has 3 aromatic heterocycles. The predicted molar refractivity (Wildman–Crippen MR) is 180 cm³/mol. The zero-order valence-electron chi connectivity index (χ0n) is 23.2. The van der Waals surface area contributed by atoms with Crippen molar-refractivity contribution >= 4 is 57.5 Å². The van der Waals surface area contributed by atoms with E-state index in [1.807, 2.05) is 30.3 Å². The average molecular weight is 642 g/mol. The Morgan fingerprint density at radius 3 is 2.09 bits per heavy atom. The molecule has 0 aliphatic heterocycles. The quantitative estimate of drug-likeness (QED) is 0.180. The van der Waals surface area contributed by atoms with Gasteiger partial charge in [-0.25, -0.2) is 0 Å². The summed E-state index contributed by atoms with van der Waals surface area (Å²) >= 11 is 8.59. The highest BCUT2D eigenvalue weighted by molar-refractivity contribution is 7.17. The summed E-state index contributed by atoms with van der Waals surface area (Å²) in [6.07, 6.45) is 3.21. The number of carbonyl (C=O) groups excluding carboxylic acids is 2. The minimum absolute atomic E-state index is 0.243. The molecule has 6 aromatic rings. The number of rotatable bonds is 7. The second-order valence-corrected chi connectivity index (χ2v) is 12.3. The summed E-state index contributed by atoms with van der Waals surface area (Å²) in [5, 5.41) is 26.1. The first-order valence-electron chi connectivity index (χ1n) is 13.5. The van der Waals surface area contributed by atoms with E-state index in [0.717, 1.165) is 20.9 Å². The minimum atomic E-state index is -0.261. The molecule has 2 N–H and O–H groups in total. The summed E-state index contributed by atoms with van der Waals surface area (Å²) in [5.74, 6) is -0.504. The maximum atomic E-state index is 12.9. The van der Waals surface area contributed by atoms with Gasteiger partial charge in [0, 0.05) is 32.2 Å². The van der Waals surface area contributed by atoms with E-state index in [-0.39, 0.29) is 11.8 Å². The molecule has 3 heterocycles. The number of hydrogen-bond acceptors (Lipinski definition) is 7. The smallest absolute Gasteiger partial charge is 0.265 e. The molecule has 0 aliphatic carbocycles. The lowest BCUT2D eigenvalue weighted by atomic mass is 9.92. The largest absolute Gasteiger partial charge is 0.321 e. The van der Waals surface area contributed by atoms with Crippen molar-refractivity contribution in [2.75, 3.05) is 10.6 Å². The molecule has 2 amide bonds. The maximum absolute atomic E-state index is 12.9. The number of nitrogens with zero attached hydrogens (tertiary/aromatic N) is 3. The van der Waals surface area contributed by atoms with Crippen molar-refractivity contribution in [2.24, 2.45) is 0 Å². The number of benzene rings is 3. The number of thiophene rings is 2. The average Bonchev–Trinajstić information content (AvgIpc) is 3.77. The fraction of sp³-hybridized carbons (Fsp3) is 0. The summed E-state index contributed by atoms with van der Waals surface area (Å²) in [4.78, 5) is 32.6. The number of hydrogen-bond donors (Lipinski definition) is 2. The summed E-state index contributed by atoms with van der Waals surface area (Å²) in [7, 11) is 0. The van der Waals surface area contributed by atoms with Gasteiger partial charge in [-0.15, -0.1) is 22.7 Å². The number of nitrogens with one attached hydrogen (secondary N) is 2. The van der Waals surface area contributed by atoms with Crippen LogP contribution in [0.4, 0.5) is 11.4 Å². The zero-order valence-corrected chi connectivity index (χ0v) is 25.6. The predicted octanol–water partition coefficient (Wildman–Crippen LogP) is 9.11. The fourth-order valence-electron chi connectivity index (χ4n) is 4.64. The normalized spacial score (nSPS) is 10.5. The number of halogens is 1. The van der Waals surface area contributed by atoms with Gasteiger partial charge in [0.25, 0.3) is 11.8 Å². The van der Waals surface area contributed by atoms with Crippen LogP contribution in [0.1, 0.15) is 30.5 Å². The van der Waals surface area contributed by atoms with Gasteiger partial charge < -0.3 is 10.6 Å². The molecule has 0 unspecified atom stereocenters. The molecule has 6 rings (SSSR count). The van der Waals surface area contributed by atoms with Crippen molar-refractivity contribution in [3.63, 3.8) is 0 Å². The molecule has 7 nitrogen and oxygen atoms in total. The van der Waals surface area contributed by atoms with E-state index in [1.54, 1.807) is 79.1 Å². The molecular formula is C35H20ClN5O2S2. The topological polar surface area (TPSA) is 119 Å². The van der Waals surface area contributed by atoms with Crippen molar-refractivity contribution in [2.45, 2.75) is 0 Å². The van der Waals surface area contributed by atoms with E-state index in [9.17, 15) is 20.1 Å². The van der Waals surface area contributed by atoms with Gasteiger partial charge in [0.1, 0.15) is 0 Å². The Balaban J connectivity index is 1.34. The Bertz CT molecular complexity index is 2140. The second-order valence-electron chi connectivity index (χ2n) is 9.73. The first kappa shape index (κ1) is 29.5. The van der Waals surface area contributed by atoms with Gasteiger partial charge in [0.15, 0.2) is 0 Å². The van der Waals surface area contributed by atoms with Crippen LogP contribution in [0.2, 0.25) is 5.02 Å². The van der Waals surface area contributed by atoms with Crippen molar-refractivity contribution in [1.82, 2.24) is 4.98 Å². The monoisotopic (exact) mass is 641 g/mol. The zero-order chi connectivity index (χ0) is 31.3. The minimum Gasteiger partial charge on any atom is -0.321 e. The maximum Gasteiger partial charge on any atom is 0.265 e. The van der Waals surface area contributed by atoms with E-state index in [4.69, 9.17) is 11.6 Å². The van der Waals surface area contributed by atoms with Crippen LogP contribution in [0.15, 0.2) is 109 Å². The first-order chi connectivity index (χ1) is 21.9. The molecule has 0 radical (unpaired) electrons. The van der Waals surface area contributed by atoms with E-state index in [1.165, 1.54) is 22.7 Å². The van der Waals surface area contributed by atoms with E-state index < -0.39 is 0 Å². The highest BCUT2D eigenvalue weighted by Gasteiger charge is 2.18. The third-order valence-corrected chi connectivity index (χ3v) is 9.31. The first-order valence-corrected chi connectivity index (χ1v) is 15.5. The molecule has 0 bridgehead atoms. The van der Waals surface area contributed by atoms with E-state index >= 15 is 0 Å². The number of carbonyl (C=O) groups is 2. The Kier molecular flexibility index (Phi) is 8.50. The van der Waals surface area contributed by atoms with Crippen LogP contribution < -0.4 is 10.6 Å². The summed E-state index contributed by atoms with van der Waals surface area (Å²) in [5.41, 5.74) is 5.01. The van der Waals surface area contributed by atoms with E-state index in [0.29, 0.717) is 48.4 Å². The highest BCUT2D eigenvalue weighted by Crippen LogP contribution is 2.40. The van der Waals surface area contributed by atoms with Gasteiger partial charge >= 0.3 is 0 Å². The lowest BCUT2D eigenvalue weighted by Gasteiger charge is -2.12. The number of pyridine rings is 1. The van der Waals surface area contributed by atoms with Gasteiger partial charge in [-0.3, -0.25) is 14.6 Å². The summed E-state index contributed by atoms with van der Waals surface area (Å²) in [6.45, 7) is 0. The number of anilines is 2. The molecule has 3 aromatic carbocycles. The fourth-order valence-corrected chi connectivity index (χ4v) is 6.61. The van der Waals surface area contributed by atoms with Crippen LogP contribution in [0, 0.1) is 22.7 Å². The van der Waals surface area contributed by atoms with Crippen molar-refractivity contribution in [3.8, 4) is 44.1 Å². The molecule has 0 fully saturated rings. The van der Waals surface area contributed by atoms with Gasteiger partial charge in [-0.05, 0) is 102 Å². The lowest BCUT2D eigenvalue weighted by Crippen LogP contribution is -2.09. The van der Waals surface area contributed by atoms with Crippen molar-refractivity contribution in [1.29, 1.82) is 10.5 Å². The number of aromatic nitrogens is 1. The molecule has 0 spiro atoms. The van der Waals surface area contributed by atoms with Gasteiger partial charge in [-0.2, -0.15) is 10.5 Å². The molecule has 10 heteroatoms. The lowest BCUT2D eigenvalue weighted by molar-refractivity contribution is 0.102. The van der Waals surface area contributed by atoms with Gasteiger partial charge in [0.2, 0.25) is 0 Å². The Morgan fingerprint density at radius 2 is 1.40 bits per heavy atom. The molecular weight excluding hydrogens is 622 g/mol. The number of nitriles is 2. The second kappa shape index (κ2) is 13.0. The Labute approximate surface area is 271 Å². The summed E-state index contributed by atoms with van der Waals surface area (Å²) in [6, 6.07) is 32.9. The standard InChI is InChI=1S/C35H20ClN5O2S2/c36-24-6-8-25(9-7-24)40-34(42)32-13-11-30(44-32)22-4-5-23(19-38)28(17-22)29-16-21(18-37)3-10-27(29)31-12-14-33(45-31)35(43)41-26-2-1-15-39-20-26/h1-17,20H,(H,40,42)(H,41,43). The summed E-state index contributed by atoms with van der Waals surface area (Å²) < 4.78 is 0. The van der Waals surface area contributed by atoms with Crippen LogP contribution in [0.3, 0.4) is 0 Å². The third-order valence-electron chi connectivity index (χ3n) is 6.81. The Hall–Kier alpha value is -5.58. The molecule has 216 valence electrons. The highest BCUT2D eigenvalue weighted by atomic mass is 35.5.